The molecule has 3 nitrogen and oxygen atoms in total. The van der Waals surface area contributed by atoms with Gasteiger partial charge >= 0.3 is 0 Å². The Morgan fingerprint density at radius 2 is 1.76 bits per heavy atom. The predicted molar refractivity (Wildman–Crippen MR) is 96.2 cm³/mol. The number of likely N-dealkylation sites (N-methyl/N-ethyl adjacent to an activating group) is 1. The quantitative estimate of drug-likeness (QED) is 0.670. The van der Waals surface area contributed by atoms with Gasteiger partial charge in [-0.2, -0.15) is 0 Å². The Kier molecular flexibility index (Phi) is 5.04. The number of methoxy groups -OCH3 is 1. The molecule has 3 aromatic rings. The van der Waals surface area contributed by atoms with E-state index in [1.807, 2.05) is 36.9 Å². The first-order chi connectivity index (χ1) is 12.0. The summed E-state index contributed by atoms with van der Waals surface area (Å²) in [7, 11) is 5.72. The van der Waals surface area contributed by atoms with Crippen LogP contribution in [0, 0.1) is 11.6 Å². The fourth-order valence-corrected chi connectivity index (χ4v) is 3.05. The number of halogens is 2. The van der Waals surface area contributed by atoms with Crippen LogP contribution in [0.15, 0.2) is 42.6 Å². The molecule has 0 aliphatic heterocycles. The van der Waals surface area contributed by atoms with Gasteiger partial charge in [0.2, 0.25) is 0 Å². The fraction of sp³-hybridized carbons (Fsp3) is 0.300. The molecule has 0 fully saturated rings. The van der Waals surface area contributed by atoms with Crippen molar-refractivity contribution in [1.82, 2.24) is 9.47 Å². The van der Waals surface area contributed by atoms with Crippen LogP contribution in [0.25, 0.3) is 10.9 Å². The molecule has 0 spiro atoms. The molecule has 5 heteroatoms. The second-order valence-electron chi connectivity index (χ2n) is 6.50. The van der Waals surface area contributed by atoms with Gasteiger partial charge in [-0.3, -0.25) is 0 Å². The van der Waals surface area contributed by atoms with E-state index in [9.17, 15) is 8.78 Å². The van der Waals surface area contributed by atoms with E-state index in [1.165, 1.54) is 17.7 Å². The summed E-state index contributed by atoms with van der Waals surface area (Å²) in [5.74, 6) is -0.310. The minimum Gasteiger partial charge on any atom is -0.497 e. The number of hydrogen-bond donors (Lipinski definition) is 0. The molecule has 0 amide bonds. The molecule has 1 aromatic heterocycles. The summed E-state index contributed by atoms with van der Waals surface area (Å²) >= 11 is 0. The van der Waals surface area contributed by atoms with E-state index in [4.69, 9.17) is 4.74 Å². The van der Waals surface area contributed by atoms with E-state index >= 15 is 0 Å². The summed E-state index contributed by atoms with van der Waals surface area (Å²) in [5.41, 5.74) is 2.82. The Morgan fingerprint density at radius 1 is 1.04 bits per heavy atom. The van der Waals surface area contributed by atoms with Crippen LogP contribution < -0.4 is 4.74 Å². The van der Waals surface area contributed by atoms with Crippen LogP contribution >= 0.6 is 0 Å². The van der Waals surface area contributed by atoms with Crippen molar-refractivity contribution >= 4 is 10.9 Å². The normalized spacial score (nSPS) is 11.4. The third-order valence-electron chi connectivity index (χ3n) is 4.27. The van der Waals surface area contributed by atoms with E-state index in [-0.39, 0.29) is 0 Å². The highest BCUT2D eigenvalue weighted by molar-refractivity contribution is 5.85. The molecule has 0 radical (unpaired) electrons. The first kappa shape index (κ1) is 17.4. The summed E-state index contributed by atoms with van der Waals surface area (Å²) in [6, 6.07) is 9.55. The lowest BCUT2D eigenvalue weighted by Crippen LogP contribution is -2.14. The second kappa shape index (κ2) is 7.23. The number of fused-ring (bicyclic) bond motifs is 1. The van der Waals surface area contributed by atoms with E-state index in [0.29, 0.717) is 12.1 Å². The van der Waals surface area contributed by atoms with E-state index in [2.05, 4.69) is 11.1 Å². The Hall–Kier alpha value is -2.40. The lowest BCUT2D eigenvalue weighted by molar-refractivity contribution is 0.413. The van der Waals surface area contributed by atoms with Crippen molar-refractivity contribution in [2.75, 3.05) is 27.7 Å². The molecule has 2 aromatic carbocycles. The molecule has 0 atom stereocenters. The molecule has 0 bridgehead atoms. The van der Waals surface area contributed by atoms with Crippen molar-refractivity contribution in [2.24, 2.45) is 0 Å². The lowest BCUT2D eigenvalue weighted by atomic mass is 10.1. The van der Waals surface area contributed by atoms with E-state index in [0.717, 1.165) is 35.7 Å². The summed E-state index contributed by atoms with van der Waals surface area (Å²) in [6.07, 6.45) is 2.96. The molecule has 0 aliphatic carbocycles. The van der Waals surface area contributed by atoms with Crippen molar-refractivity contribution in [3.63, 3.8) is 0 Å². The minimum absolute atomic E-state index is 0.416. The molecule has 3 rings (SSSR count). The SMILES string of the molecule is COc1ccc2c(c1)c(CCN(C)C)cn2Cc1cc(F)cc(F)c1. The monoisotopic (exact) mass is 344 g/mol. The van der Waals surface area contributed by atoms with Crippen molar-refractivity contribution in [3.8, 4) is 5.75 Å². The van der Waals surface area contributed by atoms with Crippen molar-refractivity contribution in [3.05, 3.63) is 65.4 Å². The standard InChI is InChI=1S/C20H22F2N2O/c1-23(2)7-6-15-13-24(12-14-8-16(21)10-17(22)9-14)20-5-4-18(25-3)11-19(15)20/h4-5,8-11,13H,6-7,12H2,1-3H3. The van der Waals surface area contributed by atoms with Gasteiger partial charge < -0.3 is 14.2 Å². The highest BCUT2D eigenvalue weighted by Gasteiger charge is 2.11. The molecular formula is C20H22F2N2O. The van der Waals surface area contributed by atoms with Gasteiger partial charge in [0.1, 0.15) is 17.4 Å². The number of benzene rings is 2. The van der Waals surface area contributed by atoms with Crippen molar-refractivity contribution < 1.29 is 13.5 Å². The van der Waals surface area contributed by atoms with Crippen LogP contribution in [-0.2, 0) is 13.0 Å². The number of nitrogens with zero attached hydrogens (tertiary/aromatic N) is 2. The van der Waals surface area contributed by atoms with E-state index in [1.54, 1.807) is 7.11 Å². The van der Waals surface area contributed by atoms with Crippen LogP contribution in [0.2, 0.25) is 0 Å². The number of hydrogen-bond acceptors (Lipinski definition) is 2. The molecule has 25 heavy (non-hydrogen) atoms. The third-order valence-corrected chi connectivity index (χ3v) is 4.27. The lowest BCUT2D eigenvalue weighted by Gasteiger charge is -2.08. The maximum Gasteiger partial charge on any atom is 0.126 e. The zero-order valence-corrected chi connectivity index (χ0v) is 14.7. The number of rotatable bonds is 6. The Balaban J connectivity index is 2.01. The summed E-state index contributed by atoms with van der Waals surface area (Å²) in [4.78, 5) is 2.13. The number of ether oxygens (including phenoxy) is 1. The Labute approximate surface area is 146 Å². The zero-order chi connectivity index (χ0) is 18.0. The van der Waals surface area contributed by atoms with Gasteiger partial charge in [-0.05, 0) is 62.0 Å². The van der Waals surface area contributed by atoms with Gasteiger partial charge in [0.05, 0.1) is 7.11 Å². The van der Waals surface area contributed by atoms with E-state index < -0.39 is 11.6 Å². The van der Waals surface area contributed by atoms with Gasteiger partial charge in [-0.1, -0.05) is 0 Å². The van der Waals surface area contributed by atoms with Gasteiger partial charge in [-0.15, -0.1) is 0 Å². The highest BCUT2D eigenvalue weighted by atomic mass is 19.1. The molecular weight excluding hydrogens is 322 g/mol. The first-order valence-electron chi connectivity index (χ1n) is 8.21. The van der Waals surface area contributed by atoms with Crippen LogP contribution in [0.5, 0.6) is 5.75 Å². The molecule has 1 heterocycles. The highest BCUT2D eigenvalue weighted by Crippen LogP contribution is 2.27. The summed E-state index contributed by atoms with van der Waals surface area (Å²) < 4.78 is 34.4. The van der Waals surface area contributed by atoms with Crippen LogP contribution in [-0.4, -0.2) is 37.2 Å². The summed E-state index contributed by atoms with van der Waals surface area (Å²) in [5, 5.41) is 1.11. The molecule has 0 saturated carbocycles. The Bertz CT molecular complexity index is 867. The van der Waals surface area contributed by atoms with Crippen LogP contribution in [0.3, 0.4) is 0 Å². The third kappa shape index (κ3) is 3.99. The average molecular weight is 344 g/mol. The summed E-state index contributed by atoms with van der Waals surface area (Å²) in [6.45, 7) is 1.34. The van der Waals surface area contributed by atoms with Crippen LogP contribution in [0.1, 0.15) is 11.1 Å². The average Bonchev–Trinajstić information content (AvgIpc) is 2.89. The second-order valence-corrected chi connectivity index (χ2v) is 6.50. The molecule has 0 N–H and O–H groups in total. The van der Waals surface area contributed by atoms with Gasteiger partial charge in [0, 0.05) is 36.3 Å². The van der Waals surface area contributed by atoms with Crippen LogP contribution in [0.4, 0.5) is 8.78 Å². The largest absolute Gasteiger partial charge is 0.497 e. The first-order valence-corrected chi connectivity index (χ1v) is 8.21. The number of aromatic nitrogens is 1. The molecule has 0 unspecified atom stereocenters. The van der Waals surface area contributed by atoms with Crippen molar-refractivity contribution in [1.29, 1.82) is 0 Å². The topological polar surface area (TPSA) is 17.4 Å². The van der Waals surface area contributed by atoms with Gasteiger partial charge in [0.25, 0.3) is 0 Å². The molecule has 0 saturated heterocycles. The molecule has 0 aliphatic rings. The zero-order valence-electron chi connectivity index (χ0n) is 14.7. The van der Waals surface area contributed by atoms with Crippen molar-refractivity contribution in [2.45, 2.75) is 13.0 Å². The Morgan fingerprint density at radius 3 is 2.40 bits per heavy atom. The van der Waals surface area contributed by atoms with Gasteiger partial charge in [-0.25, -0.2) is 8.78 Å². The maximum absolute atomic E-state index is 13.5. The maximum atomic E-state index is 13.5. The molecule has 132 valence electrons. The smallest absolute Gasteiger partial charge is 0.126 e. The predicted octanol–water partition coefficient (Wildman–Crippen LogP) is 4.08. The fourth-order valence-electron chi connectivity index (χ4n) is 3.05. The minimum atomic E-state index is -0.555. The van der Waals surface area contributed by atoms with Gasteiger partial charge in [0.15, 0.2) is 0 Å².